The fraction of sp³-hybridized carbons (Fsp3) is 0.562. The number of methoxy groups -OCH3 is 2. The third-order valence-electron chi connectivity index (χ3n) is 3.95. The predicted molar refractivity (Wildman–Crippen MR) is 85.4 cm³/mol. The number of carbonyl (C=O) groups is 1. The van der Waals surface area contributed by atoms with Crippen LogP contribution in [0, 0.1) is 12.8 Å². The number of ether oxygens (including phenoxy) is 2. The van der Waals surface area contributed by atoms with Gasteiger partial charge in [-0.15, -0.1) is 0 Å². The zero-order chi connectivity index (χ0) is 15.4. The molecule has 2 rings (SSSR count). The molecule has 4 nitrogen and oxygen atoms in total. The lowest BCUT2D eigenvalue weighted by Gasteiger charge is -2.31. The van der Waals surface area contributed by atoms with Crippen LogP contribution in [0.4, 0.5) is 0 Å². The summed E-state index contributed by atoms with van der Waals surface area (Å²) in [6.45, 7) is 4.58. The standard InChI is InChI=1S/C16H22BrNO3/c1-11-7-14(17)8-13(15(11)20-2)10-18-6-4-5-12(9-18)16(19)21-3/h7-8,12H,4-6,9-10H2,1-3H3. The molecule has 0 amide bonds. The lowest BCUT2D eigenvalue weighted by molar-refractivity contribution is -0.147. The van der Waals surface area contributed by atoms with Crippen LogP contribution in [0.1, 0.15) is 24.0 Å². The number of benzene rings is 1. The van der Waals surface area contributed by atoms with Crippen molar-refractivity contribution in [2.45, 2.75) is 26.3 Å². The predicted octanol–water partition coefficient (Wildman–Crippen LogP) is 3.15. The maximum atomic E-state index is 11.7. The Morgan fingerprint density at radius 2 is 2.19 bits per heavy atom. The van der Waals surface area contributed by atoms with Gasteiger partial charge in [-0.1, -0.05) is 15.9 Å². The topological polar surface area (TPSA) is 38.8 Å². The number of halogens is 1. The normalized spacial score (nSPS) is 19.3. The molecule has 1 saturated heterocycles. The number of rotatable bonds is 4. The number of carbonyl (C=O) groups excluding carboxylic acids is 1. The largest absolute Gasteiger partial charge is 0.496 e. The number of aryl methyl sites for hydroxylation is 1. The molecule has 0 N–H and O–H groups in total. The van der Waals surface area contributed by atoms with Gasteiger partial charge in [-0.3, -0.25) is 9.69 Å². The first-order valence-electron chi connectivity index (χ1n) is 7.18. The Kier molecular flexibility index (Phi) is 5.65. The van der Waals surface area contributed by atoms with E-state index in [1.165, 1.54) is 7.11 Å². The van der Waals surface area contributed by atoms with E-state index >= 15 is 0 Å². The van der Waals surface area contributed by atoms with Gasteiger partial charge < -0.3 is 9.47 Å². The first-order chi connectivity index (χ1) is 10.0. The van der Waals surface area contributed by atoms with Gasteiger partial charge in [0.15, 0.2) is 0 Å². The van der Waals surface area contributed by atoms with Crippen molar-refractivity contribution < 1.29 is 14.3 Å². The number of hydrogen-bond acceptors (Lipinski definition) is 4. The maximum absolute atomic E-state index is 11.7. The molecule has 21 heavy (non-hydrogen) atoms. The number of piperidine rings is 1. The highest BCUT2D eigenvalue weighted by Crippen LogP contribution is 2.30. The van der Waals surface area contributed by atoms with Crippen LogP contribution >= 0.6 is 15.9 Å². The van der Waals surface area contributed by atoms with E-state index in [2.05, 4.69) is 33.0 Å². The van der Waals surface area contributed by atoms with E-state index in [1.54, 1.807) is 7.11 Å². The Labute approximate surface area is 134 Å². The average molecular weight is 356 g/mol. The van der Waals surface area contributed by atoms with Crippen LogP contribution in [-0.2, 0) is 16.1 Å². The van der Waals surface area contributed by atoms with Crippen molar-refractivity contribution >= 4 is 21.9 Å². The Morgan fingerprint density at radius 3 is 2.86 bits per heavy atom. The van der Waals surface area contributed by atoms with Crippen LogP contribution in [0.25, 0.3) is 0 Å². The Bertz CT molecular complexity index is 518. The quantitative estimate of drug-likeness (QED) is 0.777. The summed E-state index contributed by atoms with van der Waals surface area (Å²) in [5, 5.41) is 0. The number of likely N-dealkylation sites (tertiary alicyclic amines) is 1. The fourth-order valence-corrected chi connectivity index (χ4v) is 3.63. The summed E-state index contributed by atoms with van der Waals surface area (Å²) < 4.78 is 11.5. The molecule has 5 heteroatoms. The number of hydrogen-bond donors (Lipinski definition) is 0. The van der Waals surface area contributed by atoms with Crippen molar-refractivity contribution in [1.29, 1.82) is 0 Å². The van der Waals surface area contributed by atoms with E-state index in [1.807, 2.05) is 6.92 Å². The van der Waals surface area contributed by atoms with Gasteiger partial charge >= 0.3 is 5.97 Å². The zero-order valence-corrected chi connectivity index (χ0v) is 14.4. The molecule has 1 fully saturated rings. The van der Waals surface area contributed by atoms with E-state index in [-0.39, 0.29) is 11.9 Å². The van der Waals surface area contributed by atoms with Gasteiger partial charge in [-0.05, 0) is 44.0 Å². The Hall–Kier alpha value is -1.07. The molecule has 1 aromatic rings. The minimum absolute atomic E-state index is 0.0111. The highest BCUT2D eigenvalue weighted by atomic mass is 79.9. The SMILES string of the molecule is COC(=O)C1CCCN(Cc2cc(Br)cc(C)c2OC)C1. The molecule has 1 atom stereocenters. The summed E-state index contributed by atoms with van der Waals surface area (Å²) in [6.07, 6.45) is 1.94. The van der Waals surface area contributed by atoms with Crippen molar-refractivity contribution in [3.8, 4) is 5.75 Å². The highest BCUT2D eigenvalue weighted by Gasteiger charge is 2.27. The smallest absolute Gasteiger partial charge is 0.309 e. The lowest BCUT2D eigenvalue weighted by atomic mass is 9.97. The summed E-state index contributed by atoms with van der Waals surface area (Å²) in [5.41, 5.74) is 2.26. The van der Waals surface area contributed by atoms with Crippen molar-refractivity contribution in [2.75, 3.05) is 27.3 Å². The number of esters is 1. The van der Waals surface area contributed by atoms with E-state index < -0.39 is 0 Å². The number of nitrogens with zero attached hydrogens (tertiary/aromatic N) is 1. The first kappa shape index (κ1) is 16.3. The lowest BCUT2D eigenvalue weighted by Crippen LogP contribution is -2.38. The molecule has 0 saturated carbocycles. The van der Waals surface area contributed by atoms with E-state index in [0.29, 0.717) is 0 Å². The van der Waals surface area contributed by atoms with Crippen LogP contribution in [0.15, 0.2) is 16.6 Å². The average Bonchev–Trinajstić information content (AvgIpc) is 2.46. The highest BCUT2D eigenvalue weighted by molar-refractivity contribution is 9.10. The molecule has 0 spiro atoms. The van der Waals surface area contributed by atoms with Crippen molar-refractivity contribution in [1.82, 2.24) is 4.90 Å². The van der Waals surface area contributed by atoms with Crippen molar-refractivity contribution in [2.24, 2.45) is 5.92 Å². The van der Waals surface area contributed by atoms with Gasteiger partial charge in [-0.2, -0.15) is 0 Å². The Balaban J connectivity index is 2.12. The van der Waals surface area contributed by atoms with E-state index in [0.717, 1.165) is 53.8 Å². The van der Waals surface area contributed by atoms with Crippen LogP contribution in [0.3, 0.4) is 0 Å². The summed E-state index contributed by atoms with van der Waals surface area (Å²) in [4.78, 5) is 14.0. The molecular formula is C16H22BrNO3. The molecule has 1 aliphatic rings. The van der Waals surface area contributed by atoms with Crippen LogP contribution in [0.2, 0.25) is 0 Å². The molecule has 0 bridgehead atoms. The van der Waals surface area contributed by atoms with Crippen molar-refractivity contribution in [3.05, 3.63) is 27.7 Å². The summed E-state index contributed by atoms with van der Waals surface area (Å²) in [6, 6.07) is 4.14. The summed E-state index contributed by atoms with van der Waals surface area (Å²) in [5.74, 6) is 0.818. The second-order valence-corrected chi connectivity index (χ2v) is 6.43. The third-order valence-corrected chi connectivity index (χ3v) is 4.41. The van der Waals surface area contributed by atoms with Gasteiger partial charge in [0.2, 0.25) is 0 Å². The van der Waals surface area contributed by atoms with Gasteiger partial charge in [-0.25, -0.2) is 0 Å². The van der Waals surface area contributed by atoms with Crippen LogP contribution < -0.4 is 4.74 Å². The second-order valence-electron chi connectivity index (χ2n) is 5.51. The third kappa shape index (κ3) is 3.98. The minimum Gasteiger partial charge on any atom is -0.496 e. The van der Waals surface area contributed by atoms with Gasteiger partial charge in [0.05, 0.1) is 20.1 Å². The van der Waals surface area contributed by atoms with E-state index in [4.69, 9.17) is 9.47 Å². The fourth-order valence-electron chi connectivity index (χ4n) is 3.01. The Morgan fingerprint density at radius 1 is 1.43 bits per heavy atom. The molecule has 1 heterocycles. The van der Waals surface area contributed by atoms with Crippen LogP contribution in [-0.4, -0.2) is 38.2 Å². The van der Waals surface area contributed by atoms with Gasteiger partial charge in [0, 0.05) is 23.1 Å². The monoisotopic (exact) mass is 355 g/mol. The van der Waals surface area contributed by atoms with E-state index in [9.17, 15) is 4.79 Å². The molecule has 1 unspecified atom stereocenters. The molecule has 1 aliphatic heterocycles. The second kappa shape index (κ2) is 7.27. The molecule has 0 radical (unpaired) electrons. The minimum atomic E-state index is -0.0999. The van der Waals surface area contributed by atoms with Crippen molar-refractivity contribution in [3.63, 3.8) is 0 Å². The molecule has 1 aromatic carbocycles. The molecule has 116 valence electrons. The zero-order valence-electron chi connectivity index (χ0n) is 12.8. The summed E-state index contributed by atoms with van der Waals surface area (Å²) in [7, 11) is 3.16. The molecule has 0 aliphatic carbocycles. The summed E-state index contributed by atoms with van der Waals surface area (Å²) >= 11 is 3.54. The van der Waals surface area contributed by atoms with Gasteiger partial charge in [0.25, 0.3) is 0 Å². The molecule has 0 aromatic heterocycles. The molecular weight excluding hydrogens is 334 g/mol. The van der Waals surface area contributed by atoms with Gasteiger partial charge in [0.1, 0.15) is 5.75 Å². The van der Waals surface area contributed by atoms with Crippen LogP contribution in [0.5, 0.6) is 5.75 Å². The maximum Gasteiger partial charge on any atom is 0.309 e. The first-order valence-corrected chi connectivity index (χ1v) is 7.97.